The van der Waals surface area contributed by atoms with Crippen LogP contribution < -0.4 is 20.7 Å². The molecular formula is C38H41ClN8O6. The highest BCUT2D eigenvalue weighted by Gasteiger charge is 2.46. The Morgan fingerprint density at radius 1 is 0.981 bits per heavy atom. The fraction of sp³-hybridized carbons (Fsp3) is 0.395. The van der Waals surface area contributed by atoms with E-state index in [9.17, 15) is 24.0 Å². The lowest BCUT2D eigenvalue weighted by molar-refractivity contribution is -0.136. The maximum absolute atomic E-state index is 13.2. The molecule has 3 aliphatic heterocycles. The largest absolute Gasteiger partial charge is 0.483 e. The molecule has 2 saturated heterocycles. The van der Waals surface area contributed by atoms with Crippen LogP contribution in [0.25, 0.3) is 22.2 Å². The molecule has 4 aromatic rings. The molecular weight excluding hydrogens is 700 g/mol. The molecule has 2 unspecified atom stereocenters. The van der Waals surface area contributed by atoms with Crippen molar-refractivity contribution in [3.63, 3.8) is 0 Å². The number of aromatic amines is 1. The molecule has 0 radical (unpaired) electrons. The van der Waals surface area contributed by atoms with Crippen LogP contribution >= 0.6 is 11.6 Å². The zero-order valence-corrected chi connectivity index (χ0v) is 29.9. The Bertz CT molecular complexity index is 2050. The number of H-pyrrole nitrogens is 1. The van der Waals surface area contributed by atoms with Crippen LogP contribution in [0.4, 0.5) is 5.95 Å². The minimum atomic E-state index is -1.08. The number of nitrogens with zero attached hydrogens (tertiary/aromatic N) is 4. The molecule has 3 aliphatic rings. The van der Waals surface area contributed by atoms with E-state index in [2.05, 4.69) is 30.8 Å². The van der Waals surface area contributed by atoms with Crippen molar-refractivity contribution in [1.29, 1.82) is 0 Å². The molecule has 5 amide bonds. The Morgan fingerprint density at radius 2 is 1.83 bits per heavy atom. The van der Waals surface area contributed by atoms with Gasteiger partial charge in [-0.1, -0.05) is 48.7 Å². The molecule has 2 aromatic heterocycles. The van der Waals surface area contributed by atoms with Crippen molar-refractivity contribution in [3.8, 4) is 17.0 Å². The number of piperidine rings is 2. The monoisotopic (exact) mass is 740 g/mol. The fourth-order valence-electron chi connectivity index (χ4n) is 7.29. The third-order valence-electron chi connectivity index (χ3n) is 9.94. The molecule has 15 heteroatoms. The van der Waals surface area contributed by atoms with Crippen LogP contribution in [0.15, 0.2) is 54.9 Å². The van der Waals surface area contributed by atoms with Gasteiger partial charge in [0.25, 0.3) is 17.7 Å². The van der Waals surface area contributed by atoms with Crippen molar-refractivity contribution in [2.75, 3.05) is 38.1 Å². The average molecular weight is 741 g/mol. The van der Waals surface area contributed by atoms with Crippen LogP contribution in [0.5, 0.6) is 5.75 Å². The van der Waals surface area contributed by atoms with Gasteiger partial charge in [0.2, 0.25) is 17.8 Å². The van der Waals surface area contributed by atoms with E-state index in [1.54, 1.807) is 12.3 Å². The lowest BCUT2D eigenvalue weighted by Gasteiger charge is -2.33. The van der Waals surface area contributed by atoms with Crippen LogP contribution in [-0.4, -0.2) is 99.2 Å². The average Bonchev–Trinajstić information content (AvgIpc) is 3.69. The van der Waals surface area contributed by atoms with Gasteiger partial charge in [-0.15, -0.1) is 0 Å². The number of hydrogen-bond donors (Lipinski definition) is 4. The SMILES string of the molecule is O=C(COc1cccc2c1C(=O)N(C1CCC(=O)NC1=O)C2=O)NCCCCCCN1CCCC(Nc2ncc(Cl)c(-c3c[nH]c4ccccc34)n2)C1. The van der Waals surface area contributed by atoms with Crippen LogP contribution in [0.1, 0.15) is 72.1 Å². The number of hydrogen-bond acceptors (Lipinski definition) is 10. The van der Waals surface area contributed by atoms with Gasteiger partial charge in [-0.2, -0.15) is 0 Å². The highest BCUT2D eigenvalue weighted by atomic mass is 35.5. The second kappa shape index (κ2) is 16.1. The number of ether oxygens (including phenoxy) is 1. The maximum atomic E-state index is 13.2. The summed E-state index contributed by atoms with van der Waals surface area (Å²) in [4.78, 5) is 78.6. The summed E-state index contributed by atoms with van der Waals surface area (Å²) in [5.74, 6) is -2.12. The van der Waals surface area contributed by atoms with Crippen molar-refractivity contribution >= 4 is 58.0 Å². The molecule has 14 nitrogen and oxygen atoms in total. The van der Waals surface area contributed by atoms with Gasteiger partial charge in [0.15, 0.2) is 6.61 Å². The van der Waals surface area contributed by atoms with Crippen molar-refractivity contribution < 1.29 is 28.7 Å². The number of aromatic nitrogens is 3. The molecule has 2 atom stereocenters. The third kappa shape index (κ3) is 8.03. The van der Waals surface area contributed by atoms with E-state index in [0.717, 1.165) is 79.5 Å². The number of halogens is 1. The summed E-state index contributed by atoms with van der Waals surface area (Å²) in [6, 6.07) is 11.8. The van der Waals surface area contributed by atoms with Gasteiger partial charge in [-0.3, -0.25) is 34.2 Å². The molecule has 0 spiro atoms. The second-order valence-electron chi connectivity index (χ2n) is 13.6. The van der Waals surface area contributed by atoms with Crippen molar-refractivity contribution in [2.24, 2.45) is 0 Å². The molecule has 0 aliphatic carbocycles. The van der Waals surface area contributed by atoms with E-state index in [0.29, 0.717) is 23.2 Å². The Morgan fingerprint density at radius 3 is 2.70 bits per heavy atom. The second-order valence-corrected chi connectivity index (χ2v) is 14.0. The number of likely N-dealkylation sites (tertiary alicyclic amines) is 1. The number of fused-ring (bicyclic) bond motifs is 2. The first kappa shape index (κ1) is 36.0. The number of carbonyl (C=O) groups excluding carboxylic acids is 5. The number of nitrogens with one attached hydrogen (secondary N) is 4. The summed E-state index contributed by atoms with van der Waals surface area (Å²) in [7, 11) is 0. The van der Waals surface area contributed by atoms with E-state index in [-0.39, 0.29) is 48.3 Å². The molecule has 5 heterocycles. The van der Waals surface area contributed by atoms with Gasteiger partial charge in [0.05, 0.1) is 28.0 Å². The maximum Gasteiger partial charge on any atom is 0.266 e. The zero-order valence-electron chi connectivity index (χ0n) is 29.2. The standard InChI is InChI=1S/C38H41ClN8O6/c39-27-20-42-38(45-34(27)26-19-41-28-12-4-3-10-24(26)28)43-23-9-8-18-46(21-23)17-6-2-1-5-16-40-32(49)22-53-30-13-7-11-25-33(30)37(52)47(36(25)51)29-14-15-31(48)44-35(29)50/h3-4,7,10-13,19-20,23,29,41H,1-2,5-6,8-9,14-18,21-22H2,(H,40,49)(H,42,43,45)(H,44,48,50). The molecule has 0 saturated carbocycles. The van der Waals surface area contributed by atoms with Gasteiger partial charge < -0.3 is 25.3 Å². The Balaban J connectivity index is 0.803. The van der Waals surface area contributed by atoms with E-state index < -0.39 is 29.7 Å². The van der Waals surface area contributed by atoms with E-state index >= 15 is 0 Å². The zero-order chi connectivity index (χ0) is 36.9. The van der Waals surface area contributed by atoms with Crippen LogP contribution in [-0.2, 0) is 14.4 Å². The van der Waals surface area contributed by atoms with E-state index in [1.165, 1.54) is 12.1 Å². The Labute approximate surface area is 311 Å². The summed E-state index contributed by atoms with van der Waals surface area (Å²) in [6.45, 7) is 3.11. The first-order valence-corrected chi connectivity index (χ1v) is 18.5. The van der Waals surface area contributed by atoms with Crippen LogP contribution in [0.3, 0.4) is 0 Å². The summed E-state index contributed by atoms with van der Waals surface area (Å²) in [5.41, 5.74) is 2.79. The number of imide groups is 2. The number of carbonyl (C=O) groups is 5. The Kier molecular flexibility index (Phi) is 11.0. The normalized spacial score (nSPS) is 19.0. The molecule has 4 N–H and O–H groups in total. The highest BCUT2D eigenvalue weighted by Crippen LogP contribution is 2.34. The number of benzene rings is 2. The lowest BCUT2D eigenvalue weighted by atomic mass is 10.0. The van der Waals surface area contributed by atoms with E-state index in [4.69, 9.17) is 21.3 Å². The topological polar surface area (TPSA) is 179 Å². The summed E-state index contributed by atoms with van der Waals surface area (Å²) < 4.78 is 5.67. The van der Waals surface area contributed by atoms with Gasteiger partial charge in [0, 0.05) is 48.2 Å². The predicted octanol–water partition coefficient (Wildman–Crippen LogP) is 4.31. The number of anilines is 1. The minimum absolute atomic E-state index is 0.0136. The fourth-order valence-corrected chi connectivity index (χ4v) is 7.49. The first-order valence-electron chi connectivity index (χ1n) is 18.1. The molecule has 2 aromatic carbocycles. The van der Waals surface area contributed by atoms with Gasteiger partial charge >= 0.3 is 0 Å². The molecule has 7 rings (SSSR count). The summed E-state index contributed by atoms with van der Waals surface area (Å²) in [6.07, 6.45) is 9.66. The molecule has 2 fully saturated rings. The van der Waals surface area contributed by atoms with Crippen molar-refractivity contribution in [3.05, 3.63) is 71.0 Å². The lowest BCUT2D eigenvalue weighted by Crippen LogP contribution is -2.54. The van der Waals surface area contributed by atoms with Crippen molar-refractivity contribution in [2.45, 2.75) is 63.5 Å². The number of para-hydroxylation sites is 1. The molecule has 0 bridgehead atoms. The number of unbranched alkanes of at least 4 members (excludes halogenated alkanes) is 3. The third-order valence-corrected chi connectivity index (χ3v) is 10.2. The highest BCUT2D eigenvalue weighted by molar-refractivity contribution is 6.33. The van der Waals surface area contributed by atoms with Crippen LogP contribution in [0, 0.1) is 0 Å². The minimum Gasteiger partial charge on any atom is -0.483 e. The van der Waals surface area contributed by atoms with Crippen LogP contribution in [0.2, 0.25) is 5.02 Å². The van der Waals surface area contributed by atoms with Crippen molar-refractivity contribution in [1.82, 2.24) is 35.4 Å². The molecule has 53 heavy (non-hydrogen) atoms. The van der Waals surface area contributed by atoms with Gasteiger partial charge in [-0.25, -0.2) is 9.97 Å². The van der Waals surface area contributed by atoms with Gasteiger partial charge in [0.1, 0.15) is 11.8 Å². The molecule has 276 valence electrons. The first-order chi connectivity index (χ1) is 25.8. The smallest absolute Gasteiger partial charge is 0.266 e. The quantitative estimate of drug-likeness (QED) is 0.108. The van der Waals surface area contributed by atoms with Gasteiger partial charge in [-0.05, 0) is 63.4 Å². The predicted molar refractivity (Wildman–Crippen MR) is 198 cm³/mol. The van der Waals surface area contributed by atoms with E-state index in [1.807, 2.05) is 30.5 Å². The summed E-state index contributed by atoms with van der Waals surface area (Å²) >= 11 is 6.53. The summed E-state index contributed by atoms with van der Waals surface area (Å²) in [5, 5.41) is 10.1. The number of amides is 5. The number of rotatable bonds is 14. The Hall–Kier alpha value is -5.34.